The van der Waals surface area contributed by atoms with E-state index >= 15 is 0 Å². The first-order valence-corrected chi connectivity index (χ1v) is 9.89. The van der Waals surface area contributed by atoms with Crippen LogP contribution in [0.2, 0.25) is 0 Å². The molecule has 5 nitrogen and oxygen atoms in total. The molecule has 2 heterocycles. The first-order chi connectivity index (χ1) is 12.4. The summed E-state index contributed by atoms with van der Waals surface area (Å²) < 4.78 is 28.5. The molecule has 0 radical (unpaired) electrons. The van der Waals surface area contributed by atoms with Crippen molar-refractivity contribution in [2.75, 3.05) is 12.9 Å². The Hall–Kier alpha value is -2.99. The Labute approximate surface area is 150 Å². The van der Waals surface area contributed by atoms with Crippen molar-refractivity contribution in [2.24, 2.45) is 0 Å². The number of cyclic esters (lactones) is 1. The van der Waals surface area contributed by atoms with Gasteiger partial charge in [-0.25, -0.2) is 18.2 Å². The highest BCUT2D eigenvalue weighted by molar-refractivity contribution is 7.90. The van der Waals surface area contributed by atoms with E-state index in [2.05, 4.69) is 4.98 Å². The minimum absolute atomic E-state index is 0.140. The Kier molecular flexibility index (Phi) is 3.85. The number of rotatable bonds is 3. The summed E-state index contributed by atoms with van der Waals surface area (Å²) >= 11 is 0. The second kappa shape index (κ2) is 6.07. The number of para-hydroxylation sites is 1. The molecule has 0 saturated carbocycles. The monoisotopic (exact) mass is 365 g/mol. The van der Waals surface area contributed by atoms with Gasteiger partial charge in [-0.15, -0.1) is 0 Å². The SMILES string of the molecule is CS(=O)(=O)c1ccc(C2=C(c3ccc4ccccc4n3)C(=O)OC2)cc1. The van der Waals surface area contributed by atoms with Gasteiger partial charge in [0.1, 0.15) is 6.61 Å². The van der Waals surface area contributed by atoms with E-state index in [1.165, 1.54) is 12.1 Å². The highest BCUT2D eigenvalue weighted by Crippen LogP contribution is 2.33. The third-order valence-electron chi connectivity index (χ3n) is 4.34. The van der Waals surface area contributed by atoms with Gasteiger partial charge in [0.05, 0.1) is 21.7 Å². The zero-order chi connectivity index (χ0) is 18.3. The van der Waals surface area contributed by atoms with Crippen molar-refractivity contribution in [2.45, 2.75) is 4.90 Å². The van der Waals surface area contributed by atoms with Crippen molar-refractivity contribution in [3.63, 3.8) is 0 Å². The van der Waals surface area contributed by atoms with E-state index in [4.69, 9.17) is 4.74 Å². The minimum atomic E-state index is -3.27. The fourth-order valence-corrected chi connectivity index (χ4v) is 3.63. The molecule has 0 fully saturated rings. The average Bonchev–Trinajstić information content (AvgIpc) is 3.02. The predicted octanol–water partition coefficient (Wildman–Crippen LogP) is 3.11. The molecular weight excluding hydrogens is 350 g/mol. The molecule has 0 unspecified atom stereocenters. The van der Waals surface area contributed by atoms with Gasteiger partial charge < -0.3 is 4.74 Å². The number of fused-ring (bicyclic) bond motifs is 1. The molecule has 0 bridgehead atoms. The van der Waals surface area contributed by atoms with Crippen LogP contribution in [-0.2, 0) is 19.4 Å². The molecule has 0 saturated heterocycles. The van der Waals surface area contributed by atoms with Gasteiger partial charge in [0.25, 0.3) is 0 Å². The van der Waals surface area contributed by atoms with Crippen LogP contribution in [0, 0.1) is 0 Å². The van der Waals surface area contributed by atoms with Crippen LogP contribution in [0.25, 0.3) is 22.0 Å². The Morgan fingerprint density at radius 1 is 0.962 bits per heavy atom. The van der Waals surface area contributed by atoms with E-state index < -0.39 is 15.8 Å². The highest BCUT2D eigenvalue weighted by atomic mass is 32.2. The van der Waals surface area contributed by atoms with Gasteiger partial charge in [-0.05, 0) is 29.8 Å². The van der Waals surface area contributed by atoms with E-state index in [0.29, 0.717) is 16.8 Å². The molecule has 2 aromatic carbocycles. The number of carbonyl (C=O) groups is 1. The number of ether oxygens (including phenoxy) is 1. The highest BCUT2D eigenvalue weighted by Gasteiger charge is 2.28. The molecule has 4 rings (SSSR count). The number of aromatic nitrogens is 1. The molecule has 0 aliphatic carbocycles. The maximum atomic E-state index is 12.3. The van der Waals surface area contributed by atoms with Crippen molar-refractivity contribution < 1.29 is 17.9 Å². The zero-order valence-electron chi connectivity index (χ0n) is 14.0. The van der Waals surface area contributed by atoms with Crippen LogP contribution in [0.5, 0.6) is 0 Å². The van der Waals surface area contributed by atoms with Gasteiger partial charge in [0.2, 0.25) is 0 Å². The van der Waals surface area contributed by atoms with Gasteiger partial charge in [-0.1, -0.05) is 36.4 Å². The van der Waals surface area contributed by atoms with Gasteiger partial charge in [0.15, 0.2) is 9.84 Å². The standard InChI is InChI=1S/C20H15NO4S/c1-26(23,24)15-9-6-13(7-10-15)16-12-25-20(22)19(16)18-11-8-14-4-2-3-5-17(14)21-18/h2-11H,12H2,1H3. The zero-order valence-corrected chi connectivity index (χ0v) is 14.8. The molecule has 1 aromatic heterocycles. The lowest BCUT2D eigenvalue weighted by molar-refractivity contribution is -0.133. The van der Waals surface area contributed by atoms with Crippen LogP contribution in [0.15, 0.2) is 65.6 Å². The number of nitrogens with zero attached hydrogens (tertiary/aromatic N) is 1. The third-order valence-corrected chi connectivity index (χ3v) is 5.47. The first-order valence-electron chi connectivity index (χ1n) is 8.00. The molecule has 3 aromatic rings. The molecule has 26 heavy (non-hydrogen) atoms. The van der Waals surface area contributed by atoms with Crippen LogP contribution in [0.4, 0.5) is 0 Å². The van der Waals surface area contributed by atoms with Gasteiger partial charge in [-0.3, -0.25) is 0 Å². The number of carbonyl (C=O) groups excluding carboxylic acids is 1. The summed E-state index contributed by atoms with van der Waals surface area (Å²) in [5.41, 5.74) is 3.21. The molecule has 0 atom stereocenters. The Balaban J connectivity index is 1.84. The summed E-state index contributed by atoms with van der Waals surface area (Å²) in [6, 6.07) is 17.8. The predicted molar refractivity (Wildman–Crippen MR) is 99.1 cm³/mol. The van der Waals surface area contributed by atoms with Crippen molar-refractivity contribution in [3.05, 3.63) is 71.9 Å². The summed E-state index contributed by atoms with van der Waals surface area (Å²) in [4.78, 5) is 17.1. The van der Waals surface area contributed by atoms with E-state index in [9.17, 15) is 13.2 Å². The quantitative estimate of drug-likeness (QED) is 0.667. The Morgan fingerprint density at radius 2 is 1.69 bits per heavy atom. The van der Waals surface area contributed by atoms with E-state index in [1.807, 2.05) is 30.3 Å². The van der Waals surface area contributed by atoms with E-state index in [0.717, 1.165) is 22.7 Å². The first kappa shape index (κ1) is 16.5. The molecule has 0 spiro atoms. The molecular formula is C20H15NO4S. The van der Waals surface area contributed by atoms with Crippen molar-refractivity contribution in [1.82, 2.24) is 4.98 Å². The van der Waals surface area contributed by atoms with Gasteiger partial charge >= 0.3 is 5.97 Å². The Bertz CT molecular complexity index is 1160. The van der Waals surface area contributed by atoms with Crippen LogP contribution in [0.1, 0.15) is 11.3 Å². The minimum Gasteiger partial charge on any atom is -0.457 e. The lowest BCUT2D eigenvalue weighted by atomic mass is 9.99. The van der Waals surface area contributed by atoms with Gasteiger partial charge in [-0.2, -0.15) is 0 Å². The largest absolute Gasteiger partial charge is 0.457 e. The summed E-state index contributed by atoms with van der Waals surface area (Å²) in [5, 5.41) is 0.988. The van der Waals surface area contributed by atoms with Crippen LogP contribution in [-0.4, -0.2) is 32.2 Å². The van der Waals surface area contributed by atoms with E-state index in [-0.39, 0.29) is 11.5 Å². The number of hydrogen-bond donors (Lipinski definition) is 0. The lowest BCUT2D eigenvalue weighted by Gasteiger charge is -2.06. The number of pyridine rings is 1. The van der Waals surface area contributed by atoms with Crippen LogP contribution >= 0.6 is 0 Å². The molecule has 0 N–H and O–H groups in total. The summed E-state index contributed by atoms with van der Waals surface area (Å²) in [6.45, 7) is 0.140. The van der Waals surface area contributed by atoms with E-state index in [1.54, 1.807) is 18.2 Å². The number of benzene rings is 2. The summed E-state index contributed by atoms with van der Waals surface area (Å²) in [6.07, 6.45) is 1.16. The molecule has 1 aliphatic heterocycles. The molecule has 0 amide bonds. The molecule has 1 aliphatic rings. The van der Waals surface area contributed by atoms with Crippen LogP contribution < -0.4 is 0 Å². The van der Waals surface area contributed by atoms with Gasteiger partial charge in [0, 0.05) is 17.2 Å². The fourth-order valence-electron chi connectivity index (χ4n) is 3.00. The summed E-state index contributed by atoms with van der Waals surface area (Å²) in [7, 11) is -3.27. The fraction of sp³-hybridized carbons (Fsp3) is 0.100. The maximum absolute atomic E-state index is 12.3. The number of hydrogen-bond acceptors (Lipinski definition) is 5. The topological polar surface area (TPSA) is 73.3 Å². The van der Waals surface area contributed by atoms with Crippen LogP contribution in [0.3, 0.4) is 0 Å². The van der Waals surface area contributed by atoms with Crippen molar-refractivity contribution in [1.29, 1.82) is 0 Å². The normalized spacial score (nSPS) is 14.7. The molecule has 6 heteroatoms. The average molecular weight is 365 g/mol. The second-order valence-electron chi connectivity index (χ2n) is 6.12. The van der Waals surface area contributed by atoms with Crippen molar-refractivity contribution >= 4 is 37.9 Å². The maximum Gasteiger partial charge on any atom is 0.341 e. The third kappa shape index (κ3) is 2.88. The molecule has 130 valence electrons. The summed E-state index contributed by atoms with van der Waals surface area (Å²) in [5.74, 6) is -0.421. The Morgan fingerprint density at radius 3 is 2.42 bits per heavy atom. The second-order valence-corrected chi connectivity index (χ2v) is 8.13. The van der Waals surface area contributed by atoms with Crippen molar-refractivity contribution in [3.8, 4) is 0 Å². The smallest absolute Gasteiger partial charge is 0.341 e. The lowest BCUT2D eigenvalue weighted by Crippen LogP contribution is -2.01. The number of sulfone groups is 1. The number of esters is 1.